The minimum Gasteiger partial charge on any atom is -0.370 e. The molecule has 0 unspecified atom stereocenters. The van der Waals surface area contributed by atoms with Gasteiger partial charge in [-0.2, -0.15) is 0 Å². The zero-order chi connectivity index (χ0) is 11.8. The van der Waals surface area contributed by atoms with E-state index in [2.05, 4.69) is 9.80 Å². The quantitative estimate of drug-likeness (QED) is 0.625. The van der Waals surface area contributed by atoms with Crippen LogP contribution in [-0.4, -0.2) is 61.5 Å². The zero-order valence-electron chi connectivity index (χ0n) is 10.0. The summed E-state index contributed by atoms with van der Waals surface area (Å²) in [5, 5.41) is 0. The number of nitrogens with two attached hydrogens (primary N) is 2. The number of primary amides is 1. The summed E-state index contributed by atoms with van der Waals surface area (Å²) < 4.78 is 0. The SMILES string of the molecule is NCCCN1CCCN(CCC(N)=O)CC1. The molecule has 0 atom stereocenters. The van der Waals surface area contributed by atoms with Gasteiger partial charge < -0.3 is 21.3 Å². The van der Waals surface area contributed by atoms with Crippen molar-refractivity contribution >= 4 is 5.91 Å². The molecule has 0 bridgehead atoms. The van der Waals surface area contributed by atoms with Crippen LogP contribution in [0.3, 0.4) is 0 Å². The summed E-state index contributed by atoms with van der Waals surface area (Å²) in [6.07, 6.45) is 2.72. The fraction of sp³-hybridized carbons (Fsp3) is 0.909. The Kier molecular flexibility index (Phi) is 6.37. The Morgan fingerprint density at radius 1 is 1.06 bits per heavy atom. The first-order valence-electron chi connectivity index (χ1n) is 6.15. The highest BCUT2D eigenvalue weighted by atomic mass is 16.1. The molecule has 0 aromatic heterocycles. The molecule has 5 heteroatoms. The van der Waals surface area contributed by atoms with Crippen molar-refractivity contribution in [3.8, 4) is 0 Å². The molecular formula is C11H24N4O. The molecule has 0 aliphatic carbocycles. The number of carbonyl (C=O) groups excluding carboxylic acids is 1. The Morgan fingerprint density at radius 2 is 1.69 bits per heavy atom. The van der Waals surface area contributed by atoms with Crippen molar-refractivity contribution in [3.05, 3.63) is 0 Å². The van der Waals surface area contributed by atoms with E-state index in [9.17, 15) is 4.79 Å². The van der Waals surface area contributed by atoms with Crippen LogP contribution >= 0.6 is 0 Å². The minimum atomic E-state index is -0.204. The van der Waals surface area contributed by atoms with Gasteiger partial charge in [-0.05, 0) is 39.0 Å². The predicted octanol–water partition coefficient (Wildman–Crippen LogP) is -0.782. The van der Waals surface area contributed by atoms with Crippen molar-refractivity contribution in [2.45, 2.75) is 19.3 Å². The third kappa shape index (κ3) is 5.44. The molecule has 1 rings (SSSR count). The van der Waals surface area contributed by atoms with Gasteiger partial charge in [0.15, 0.2) is 0 Å². The third-order valence-corrected chi connectivity index (χ3v) is 3.03. The predicted molar refractivity (Wildman–Crippen MR) is 65.0 cm³/mol. The zero-order valence-corrected chi connectivity index (χ0v) is 10.0. The van der Waals surface area contributed by atoms with E-state index in [4.69, 9.17) is 11.5 Å². The molecule has 0 saturated carbocycles. The molecule has 1 aliphatic rings. The van der Waals surface area contributed by atoms with Gasteiger partial charge >= 0.3 is 0 Å². The molecule has 1 fully saturated rings. The van der Waals surface area contributed by atoms with Crippen LogP contribution in [0.15, 0.2) is 0 Å². The molecule has 0 radical (unpaired) electrons. The van der Waals surface area contributed by atoms with E-state index in [0.717, 1.165) is 52.2 Å². The van der Waals surface area contributed by atoms with Gasteiger partial charge in [0.05, 0.1) is 0 Å². The first-order valence-corrected chi connectivity index (χ1v) is 6.15. The van der Waals surface area contributed by atoms with E-state index in [0.29, 0.717) is 6.42 Å². The second kappa shape index (κ2) is 7.60. The van der Waals surface area contributed by atoms with Crippen LogP contribution in [0.4, 0.5) is 0 Å². The minimum absolute atomic E-state index is 0.204. The van der Waals surface area contributed by atoms with Crippen molar-refractivity contribution < 1.29 is 4.79 Å². The highest BCUT2D eigenvalue weighted by Crippen LogP contribution is 2.04. The number of amides is 1. The molecule has 1 amide bonds. The second-order valence-electron chi connectivity index (χ2n) is 4.40. The summed E-state index contributed by atoms with van der Waals surface area (Å²) in [7, 11) is 0. The fourth-order valence-electron chi connectivity index (χ4n) is 2.05. The summed E-state index contributed by atoms with van der Waals surface area (Å²) in [6.45, 7) is 7.01. The number of hydrogen-bond donors (Lipinski definition) is 2. The largest absolute Gasteiger partial charge is 0.370 e. The summed E-state index contributed by atoms with van der Waals surface area (Å²) in [5.41, 5.74) is 10.7. The van der Waals surface area contributed by atoms with E-state index in [1.165, 1.54) is 6.42 Å². The van der Waals surface area contributed by atoms with E-state index in [1.54, 1.807) is 0 Å². The average Bonchev–Trinajstić information content (AvgIpc) is 2.48. The van der Waals surface area contributed by atoms with Gasteiger partial charge in [0.2, 0.25) is 5.91 Å². The van der Waals surface area contributed by atoms with Crippen LogP contribution in [0.1, 0.15) is 19.3 Å². The molecule has 0 aromatic rings. The molecule has 0 aromatic carbocycles. The monoisotopic (exact) mass is 228 g/mol. The molecule has 4 N–H and O–H groups in total. The van der Waals surface area contributed by atoms with E-state index in [-0.39, 0.29) is 5.91 Å². The standard InChI is InChI=1S/C11H24N4O/c12-4-1-5-14-6-2-7-15(10-9-14)8-3-11(13)16/h1-10,12H2,(H2,13,16). The lowest BCUT2D eigenvalue weighted by Crippen LogP contribution is -2.33. The molecular weight excluding hydrogens is 204 g/mol. The average molecular weight is 228 g/mol. The Balaban J connectivity index is 2.20. The normalized spacial score (nSPS) is 19.6. The van der Waals surface area contributed by atoms with Gasteiger partial charge in [-0.25, -0.2) is 0 Å². The van der Waals surface area contributed by atoms with E-state index >= 15 is 0 Å². The molecule has 5 nitrogen and oxygen atoms in total. The van der Waals surface area contributed by atoms with Crippen LogP contribution in [0.5, 0.6) is 0 Å². The van der Waals surface area contributed by atoms with Crippen molar-refractivity contribution in [1.29, 1.82) is 0 Å². The van der Waals surface area contributed by atoms with Crippen LogP contribution in [0.2, 0.25) is 0 Å². The lowest BCUT2D eigenvalue weighted by atomic mass is 10.3. The third-order valence-electron chi connectivity index (χ3n) is 3.03. The van der Waals surface area contributed by atoms with Crippen LogP contribution in [0, 0.1) is 0 Å². The van der Waals surface area contributed by atoms with Gasteiger partial charge in [0.1, 0.15) is 0 Å². The summed E-state index contributed by atoms with van der Waals surface area (Å²) in [4.78, 5) is 15.5. The first kappa shape index (κ1) is 13.4. The Bertz CT molecular complexity index is 210. The first-order chi connectivity index (χ1) is 7.72. The van der Waals surface area contributed by atoms with Crippen LogP contribution in [-0.2, 0) is 4.79 Å². The van der Waals surface area contributed by atoms with E-state index in [1.807, 2.05) is 0 Å². The lowest BCUT2D eigenvalue weighted by Gasteiger charge is -2.21. The van der Waals surface area contributed by atoms with Gasteiger partial charge in [-0.15, -0.1) is 0 Å². The van der Waals surface area contributed by atoms with Gasteiger partial charge in [-0.1, -0.05) is 0 Å². The maximum absolute atomic E-state index is 10.7. The van der Waals surface area contributed by atoms with Crippen molar-refractivity contribution in [3.63, 3.8) is 0 Å². The Labute approximate surface area is 97.7 Å². The topological polar surface area (TPSA) is 75.6 Å². The molecule has 1 heterocycles. The number of carbonyl (C=O) groups is 1. The summed E-state index contributed by atoms with van der Waals surface area (Å²) >= 11 is 0. The van der Waals surface area contributed by atoms with Gasteiger partial charge in [-0.3, -0.25) is 4.79 Å². The van der Waals surface area contributed by atoms with Crippen molar-refractivity contribution in [2.75, 3.05) is 45.8 Å². The number of nitrogens with zero attached hydrogens (tertiary/aromatic N) is 2. The Hall–Kier alpha value is -0.650. The number of hydrogen-bond acceptors (Lipinski definition) is 4. The van der Waals surface area contributed by atoms with Gasteiger partial charge in [0.25, 0.3) is 0 Å². The lowest BCUT2D eigenvalue weighted by molar-refractivity contribution is -0.118. The molecule has 94 valence electrons. The molecule has 1 saturated heterocycles. The summed E-state index contributed by atoms with van der Waals surface area (Å²) in [6, 6.07) is 0. The van der Waals surface area contributed by atoms with E-state index < -0.39 is 0 Å². The van der Waals surface area contributed by atoms with Crippen LogP contribution < -0.4 is 11.5 Å². The number of rotatable bonds is 6. The Morgan fingerprint density at radius 3 is 2.25 bits per heavy atom. The highest BCUT2D eigenvalue weighted by molar-refractivity contribution is 5.73. The highest BCUT2D eigenvalue weighted by Gasteiger charge is 2.14. The maximum atomic E-state index is 10.7. The van der Waals surface area contributed by atoms with Gasteiger partial charge in [0, 0.05) is 26.1 Å². The second-order valence-corrected chi connectivity index (χ2v) is 4.40. The van der Waals surface area contributed by atoms with Crippen LogP contribution in [0.25, 0.3) is 0 Å². The summed E-state index contributed by atoms with van der Waals surface area (Å²) in [5.74, 6) is -0.204. The van der Waals surface area contributed by atoms with Crippen molar-refractivity contribution in [1.82, 2.24) is 9.80 Å². The molecule has 1 aliphatic heterocycles. The smallest absolute Gasteiger partial charge is 0.218 e. The molecule has 0 spiro atoms. The van der Waals surface area contributed by atoms with Crippen molar-refractivity contribution in [2.24, 2.45) is 11.5 Å². The molecule has 16 heavy (non-hydrogen) atoms. The fourth-order valence-corrected chi connectivity index (χ4v) is 2.05. The maximum Gasteiger partial charge on any atom is 0.218 e.